The SMILES string of the molecule is CC(CC=O)c1ccc(Cl)c(N)c1. The van der Waals surface area contributed by atoms with Gasteiger partial charge in [0.2, 0.25) is 0 Å². The van der Waals surface area contributed by atoms with Gasteiger partial charge in [0, 0.05) is 6.42 Å². The van der Waals surface area contributed by atoms with Crippen molar-refractivity contribution in [3.05, 3.63) is 28.8 Å². The van der Waals surface area contributed by atoms with Gasteiger partial charge in [0.05, 0.1) is 10.7 Å². The van der Waals surface area contributed by atoms with Crippen molar-refractivity contribution in [2.45, 2.75) is 19.3 Å². The van der Waals surface area contributed by atoms with Crippen LogP contribution in [0.5, 0.6) is 0 Å². The summed E-state index contributed by atoms with van der Waals surface area (Å²) in [7, 11) is 0. The van der Waals surface area contributed by atoms with Gasteiger partial charge >= 0.3 is 0 Å². The first-order chi connectivity index (χ1) is 6.15. The maximum atomic E-state index is 10.3. The molecule has 0 aliphatic heterocycles. The fourth-order valence-corrected chi connectivity index (χ4v) is 1.27. The molecule has 0 saturated heterocycles. The molecule has 0 heterocycles. The van der Waals surface area contributed by atoms with E-state index < -0.39 is 0 Å². The molecule has 0 amide bonds. The molecule has 0 spiro atoms. The lowest BCUT2D eigenvalue weighted by Crippen LogP contribution is -1.96. The second kappa shape index (κ2) is 4.28. The fourth-order valence-electron chi connectivity index (χ4n) is 1.15. The lowest BCUT2D eigenvalue weighted by Gasteiger charge is -2.09. The summed E-state index contributed by atoms with van der Waals surface area (Å²) >= 11 is 5.77. The van der Waals surface area contributed by atoms with Gasteiger partial charge in [0.25, 0.3) is 0 Å². The van der Waals surface area contributed by atoms with E-state index in [1.807, 2.05) is 19.1 Å². The number of carbonyl (C=O) groups is 1. The summed E-state index contributed by atoms with van der Waals surface area (Å²) in [6, 6.07) is 5.47. The van der Waals surface area contributed by atoms with Crippen LogP contribution in [0.3, 0.4) is 0 Å². The number of carbonyl (C=O) groups excluding carboxylic acids is 1. The van der Waals surface area contributed by atoms with Gasteiger partial charge in [0.15, 0.2) is 0 Å². The topological polar surface area (TPSA) is 43.1 Å². The van der Waals surface area contributed by atoms with Gasteiger partial charge in [0.1, 0.15) is 6.29 Å². The number of hydrogen-bond donors (Lipinski definition) is 1. The van der Waals surface area contributed by atoms with E-state index in [1.165, 1.54) is 0 Å². The van der Waals surface area contributed by atoms with Crippen molar-refractivity contribution in [1.82, 2.24) is 0 Å². The van der Waals surface area contributed by atoms with Crippen LogP contribution in [0.2, 0.25) is 5.02 Å². The molecule has 0 fully saturated rings. The van der Waals surface area contributed by atoms with E-state index >= 15 is 0 Å². The Kier molecular flexibility index (Phi) is 3.32. The molecule has 2 N–H and O–H groups in total. The molecule has 0 bridgehead atoms. The largest absolute Gasteiger partial charge is 0.398 e. The Morgan fingerprint density at radius 3 is 2.85 bits per heavy atom. The van der Waals surface area contributed by atoms with E-state index in [0.29, 0.717) is 17.1 Å². The summed E-state index contributed by atoms with van der Waals surface area (Å²) in [4.78, 5) is 10.3. The first-order valence-corrected chi connectivity index (χ1v) is 4.51. The molecule has 1 unspecified atom stereocenters. The van der Waals surface area contributed by atoms with Crippen LogP contribution in [0.1, 0.15) is 24.8 Å². The van der Waals surface area contributed by atoms with Gasteiger partial charge in [-0.25, -0.2) is 0 Å². The average molecular weight is 198 g/mol. The van der Waals surface area contributed by atoms with Crippen LogP contribution >= 0.6 is 11.6 Å². The number of anilines is 1. The molecular weight excluding hydrogens is 186 g/mol. The zero-order chi connectivity index (χ0) is 9.84. The molecule has 1 rings (SSSR count). The molecule has 0 saturated carbocycles. The van der Waals surface area contributed by atoms with Gasteiger partial charge in [-0.05, 0) is 23.6 Å². The summed E-state index contributed by atoms with van der Waals surface area (Å²) in [6.07, 6.45) is 1.43. The van der Waals surface area contributed by atoms with Crippen LogP contribution in [0.25, 0.3) is 0 Å². The third kappa shape index (κ3) is 2.46. The second-order valence-electron chi connectivity index (χ2n) is 3.08. The Morgan fingerprint density at radius 2 is 2.31 bits per heavy atom. The van der Waals surface area contributed by atoms with E-state index in [2.05, 4.69) is 0 Å². The van der Waals surface area contributed by atoms with E-state index in [4.69, 9.17) is 17.3 Å². The minimum absolute atomic E-state index is 0.206. The van der Waals surface area contributed by atoms with Crippen LogP contribution in [-0.4, -0.2) is 6.29 Å². The second-order valence-corrected chi connectivity index (χ2v) is 3.49. The minimum Gasteiger partial charge on any atom is -0.398 e. The average Bonchev–Trinajstić information content (AvgIpc) is 2.10. The Morgan fingerprint density at radius 1 is 1.62 bits per heavy atom. The monoisotopic (exact) mass is 197 g/mol. The van der Waals surface area contributed by atoms with Crippen LogP contribution in [0.15, 0.2) is 18.2 Å². The Balaban J connectivity index is 2.89. The predicted octanol–water partition coefficient (Wildman–Crippen LogP) is 2.61. The highest BCUT2D eigenvalue weighted by Gasteiger charge is 2.06. The number of benzene rings is 1. The standard InChI is InChI=1S/C10H12ClNO/c1-7(4-5-13)8-2-3-9(11)10(12)6-8/h2-3,5-7H,4,12H2,1H3. The molecule has 1 aromatic carbocycles. The zero-order valence-electron chi connectivity index (χ0n) is 7.46. The molecule has 0 aliphatic rings. The van der Waals surface area contributed by atoms with Crippen LogP contribution < -0.4 is 5.73 Å². The quantitative estimate of drug-likeness (QED) is 0.598. The molecule has 0 radical (unpaired) electrons. The van der Waals surface area contributed by atoms with E-state index in [9.17, 15) is 4.79 Å². The Labute approximate surface area is 82.7 Å². The highest BCUT2D eigenvalue weighted by molar-refractivity contribution is 6.33. The van der Waals surface area contributed by atoms with Crippen molar-refractivity contribution < 1.29 is 4.79 Å². The van der Waals surface area contributed by atoms with Crippen molar-refractivity contribution in [2.24, 2.45) is 0 Å². The summed E-state index contributed by atoms with van der Waals surface area (Å²) in [5.74, 6) is 0.206. The van der Waals surface area contributed by atoms with Crippen LogP contribution in [-0.2, 0) is 4.79 Å². The molecule has 0 aromatic heterocycles. The number of halogens is 1. The van der Waals surface area contributed by atoms with Crippen LogP contribution in [0.4, 0.5) is 5.69 Å². The smallest absolute Gasteiger partial charge is 0.120 e. The van der Waals surface area contributed by atoms with E-state index in [1.54, 1.807) is 6.07 Å². The summed E-state index contributed by atoms with van der Waals surface area (Å²) in [6.45, 7) is 1.98. The molecule has 2 nitrogen and oxygen atoms in total. The zero-order valence-corrected chi connectivity index (χ0v) is 8.21. The molecule has 13 heavy (non-hydrogen) atoms. The number of aldehydes is 1. The summed E-state index contributed by atoms with van der Waals surface area (Å²) in [5.41, 5.74) is 7.25. The number of hydrogen-bond acceptors (Lipinski definition) is 2. The molecule has 1 aromatic rings. The molecule has 70 valence electrons. The maximum absolute atomic E-state index is 10.3. The molecule has 3 heteroatoms. The number of nitrogen functional groups attached to an aromatic ring is 1. The third-order valence-electron chi connectivity index (χ3n) is 2.04. The predicted molar refractivity (Wildman–Crippen MR) is 55.0 cm³/mol. The van der Waals surface area contributed by atoms with Gasteiger partial charge in [-0.2, -0.15) is 0 Å². The number of nitrogens with two attached hydrogens (primary N) is 1. The van der Waals surface area contributed by atoms with Gasteiger partial charge in [-0.1, -0.05) is 24.6 Å². The van der Waals surface area contributed by atoms with Gasteiger partial charge < -0.3 is 10.5 Å². The molecular formula is C10H12ClNO. The first-order valence-electron chi connectivity index (χ1n) is 4.13. The molecule has 0 aliphatic carbocycles. The summed E-state index contributed by atoms with van der Waals surface area (Å²) in [5, 5.41) is 0.557. The normalized spacial score (nSPS) is 12.5. The van der Waals surface area contributed by atoms with E-state index in [-0.39, 0.29) is 5.92 Å². The lowest BCUT2D eigenvalue weighted by atomic mass is 9.98. The fraction of sp³-hybridized carbons (Fsp3) is 0.300. The maximum Gasteiger partial charge on any atom is 0.120 e. The Hall–Kier alpha value is -1.02. The lowest BCUT2D eigenvalue weighted by molar-refractivity contribution is -0.108. The highest BCUT2D eigenvalue weighted by Crippen LogP contribution is 2.25. The van der Waals surface area contributed by atoms with Crippen molar-refractivity contribution in [2.75, 3.05) is 5.73 Å². The van der Waals surface area contributed by atoms with Gasteiger partial charge in [-0.15, -0.1) is 0 Å². The van der Waals surface area contributed by atoms with Crippen molar-refractivity contribution in [1.29, 1.82) is 0 Å². The van der Waals surface area contributed by atoms with Gasteiger partial charge in [-0.3, -0.25) is 0 Å². The highest BCUT2D eigenvalue weighted by atomic mass is 35.5. The van der Waals surface area contributed by atoms with Crippen molar-refractivity contribution in [3.63, 3.8) is 0 Å². The minimum atomic E-state index is 0.206. The third-order valence-corrected chi connectivity index (χ3v) is 2.38. The van der Waals surface area contributed by atoms with Crippen molar-refractivity contribution in [3.8, 4) is 0 Å². The molecule has 1 atom stereocenters. The number of rotatable bonds is 3. The van der Waals surface area contributed by atoms with Crippen molar-refractivity contribution >= 4 is 23.6 Å². The first kappa shape index (κ1) is 10.1. The summed E-state index contributed by atoms with van der Waals surface area (Å²) < 4.78 is 0. The van der Waals surface area contributed by atoms with E-state index in [0.717, 1.165) is 11.8 Å². The Bertz CT molecular complexity index is 312. The van der Waals surface area contributed by atoms with Crippen LogP contribution in [0, 0.1) is 0 Å².